The Hall–Kier alpha value is -1.66. The molecule has 6 heteroatoms. The van der Waals surface area contributed by atoms with Gasteiger partial charge in [0.2, 0.25) is 5.91 Å². The fraction of sp³-hybridized carbons (Fsp3) is 0.918. The molecule has 0 aromatic carbocycles. The monoisotopic (exact) mass is 1110 g/mol. The van der Waals surface area contributed by atoms with Crippen LogP contribution in [-0.2, 0) is 14.3 Å². The molecular formula is C73H141NO5. The first-order chi connectivity index (χ1) is 39.0. The van der Waals surface area contributed by atoms with Gasteiger partial charge in [0.05, 0.1) is 25.4 Å². The number of allylic oxidation sites excluding steroid dienone is 3. The lowest BCUT2D eigenvalue weighted by Crippen LogP contribution is -2.45. The summed E-state index contributed by atoms with van der Waals surface area (Å²) in [5, 5.41) is 23.3. The van der Waals surface area contributed by atoms with Crippen LogP contribution in [0.15, 0.2) is 24.3 Å². The Labute approximate surface area is 494 Å². The highest BCUT2D eigenvalue weighted by Gasteiger charge is 2.18. The number of rotatable bonds is 68. The number of hydrogen-bond acceptors (Lipinski definition) is 5. The zero-order valence-electron chi connectivity index (χ0n) is 53.6. The second-order valence-corrected chi connectivity index (χ2v) is 24.9. The van der Waals surface area contributed by atoms with Gasteiger partial charge in [0.1, 0.15) is 0 Å². The second kappa shape index (κ2) is 68.8. The number of aliphatic hydroxyl groups excluding tert-OH is 2. The predicted molar refractivity (Wildman–Crippen MR) is 347 cm³/mol. The first kappa shape index (κ1) is 77.3. The molecule has 0 heterocycles. The van der Waals surface area contributed by atoms with Gasteiger partial charge < -0.3 is 20.3 Å². The summed E-state index contributed by atoms with van der Waals surface area (Å²) < 4.78 is 5.47. The summed E-state index contributed by atoms with van der Waals surface area (Å²) in [4.78, 5) is 24.5. The smallest absolute Gasteiger partial charge is 0.305 e. The van der Waals surface area contributed by atoms with E-state index in [4.69, 9.17) is 4.74 Å². The van der Waals surface area contributed by atoms with E-state index in [-0.39, 0.29) is 18.5 Å². The molecule has 468 valence electrons. The summed E-state index contributed by atoms with van der Waals surface area (Å²) in [7, 11) is 0. The van der Waals surface area contributed by atoms with Crippen molar-refractivity contribution in [2.45, 2.75) is 418 Å². The molecule has 0 aromatic heterocycles. The fourth-order valence-electron chi connectivity index (χ4n) is 11.4. The molecule has 0 aromatic rings. The molecular weight excluding hydrogens is 971 g/mol. The lowest BCUT2D eigenvalue weighted by molar-refractivity contribution is -0.143. The van der Waals surface area contributed by atoms with E-state index in [9.17, 15) is 19.8 Å². The topological polar surface area (TPSA) is 95.9 Å². The average molecular weight is 1110 g/mol. The number of hydrogen-bond donors (Lipinski definition) is 3. The molecule has 0 saturated carbocycles. The average Bonchev–Trinajstić information content (AvgIpc) is 3.45. The van der Waals surface area contributed by atoms with Crippen molar-refractivity contribution in [2.75, 3.05) is 13.2 Å². The summed E-state index contributed by atoms with van der Waals surface area (Å²) in [5.74, 6) is -0.0523. The van der Waals surface area contributed by atoms with E-state index in [2.05, 4.69) is 31.3 Å². The summed E-state index contributed by atoms with van der Waals surface area (Å²) >= 11 is 0. The van der Waals surface area contributed by atoms with Crippen molar-refractivity contribution in [3.8, 4) is 0 Å². The van der Waals surface area contributed by atoms with Crippen LogP contribution in [0.1, 0.15) is 406 Å². The Morgan fingerprint density at radius 1 is 0.342 bits per heavy atom. The lowest BCUT2D eigenvalue weighted by atomic mass is 10.0. The van der Waals surface area contributed by atoms with Crippen molar-refractivity contribution in [3.63, 3.8) is 0 Å². The van der Waals surface area contributed by atoms with Gasteiger partial charge in [0, 0.05) is 12.8 Å². The van der Waals surface area contributed by atoms with Gasteiger partial charge in [-0.05, 0) is 51.4 Å². The Morgan fingerprint density at radius 2 is 0.608 bits per heavy atom. The quantitative estimate of drug-likeness (QED) is 0.0320. The molecule has 3 N–H and O–H groups in total. The highest BCUT2D eigenvalue weighted by Crippen LogP contribution is 2.19. The van der Waals surface area contributed by atoms with E-state index in [1.165, 1.54) is 334 Å². The molecule has 0 rings (SSSR count). The number of unbranched alkanes of at least 4 members (excludes halogenated alkanes) is 55. The van der Waals surface area contributed by atoms with Gasteiger partial charge in [0.15, 0.2) is 0 Å². The van der Waals surface area contributed by atoms with Crippen LogP contribution in [0.5, 0.6) is 0 Å². The first-order valence-corrected chi connectivity index (χ1v) is 36.1. The van der Waals surface area contributed by atoms with Crippen molar-refractivity contribution < 1.29 is 24.5 Å². The van der Waals surface area contributed by atoms with Gasteiger partial charge in [-0.15, -0.1) is 0 Å². The number of esters is 1. The molecule has 0 saturated heterocycles. The van der Waals surface area contributed by atoms with Crippen LogP contribution in [0.25, 0.3) is 0 Å². The minimum Gasteiger partial charge on any atom is -0.466 e. The SMILES string of the molecule is CCCC/C=C\CCCCCCCC(=O)OCCCCCCCCCCCCCCCCCCCCCCCCCCCCCCC(=O)NC(CO)C(O)/C=C/CCCCCCCCCCCCCCCCCCCCCCC. The molecule has 2 unspecified atom stereocenters. The van der Waals surface area contributed by atoms with Gasteiger partial charge in [-0.3, -0.25) is 9.59 Å². The van der Waals surface area contributed by atoms with Crippen LogP contribution in [0, 0.1) is 0 Å². The van der Waals surface area contributed by atoms with Crippen LogP contribution >= 0.6 is 0 Å². The lowest BCUT2D eigenvalue weighted by Gasteiger charge is -2.20. The van der Waals surface area contributed by atoms with Crippen LogP contribution in [0.3, 0.4) is 0 Å². The number of aliphatic hydroxyl groups is 2. The summed E-state index contributed by atoms with van der Waals surface area (Å²) in [6, 6.07) is -0.626. The summed E-state index contributed by atoms with van der Waals surface area (Å²) in [6.07, 6.45) is 87.0. The van der Waals surface area contributed by atoms with Crippen molar-refractivity contribution in [1.29, 1.82) is 0 Å². The van der Waals surface area contributed by atoms with Gasteiger partial charge >= 0.3 is 5.97 Å². The number of nitrogens with one attached hydrogen (secondary N) is 1. The van der Waals surface area contributed by atoms with E-state index in [0.717, 1.165) is 44.9 Å². The zero-order chi connectivity index (χ0) is 57.1. The summed E-state index contributed by atoms with van der Waals surface area (Å²) in [5.41, 5.74) is 0. The van der Waals surface area contributed by atoms with Gasteiger partial charge in [0.25, 0.3) is 0 Å². The van der Waals surface area contributed by atoms with Crippen LogP contribution in [0.4, 0.5) is 0 Å². The molecule has 0 bridgehead atoms. The molecule has 0 aliphatic carbocycles. The molecule has 1 amide bonds. The summed E-state index contributed by atoms with van der Waals surface area (Å²) in [6.45, 7) is 4.91. The highest BCUT2D eigenvalue weighted by molar-refractivity contribution is 5.76. The van der Waals surface area contributed by atoms with Crippen molar-refractivity contribution >= 4 is 11.9 Å². The molecule has 0 aliphatic heterocycles. The second-order valence-electron chi connectivity index (χ2n) is 24.9. The maximum absolute atomic E-state index is 12.5. The fourth-order valence-corrected chi connectivity index (χ4v) is 11.4. The van der Waals surface area contributed by atoms with Crippen LogP contribution in [-0.4, -0.2) is 47.4 Å². The third kappa shape index (κ3) is 65.4. The zero-order valence-corrected chi connectivity index (χ0v) is 53.6. The molecule has 2 atom stereocenters. The molecule has 79 heavy (non-hydrogen) atoms. The Balaban J connectivity index is 3.38. The van der Waals surface area contributed by atoms with E-state index in [1.807, 2.05) is 6.08 Å². The van der Waals surface area contributed by atoms with E-state index < -0.39 is 12.1 Å². The van der Waals surface area contributed by atoms with Crippen molar-refractivity contribution in [1.82, 2.24) is 5.32 Å². The van der Waals surface area contributed by atoms with Crippen LogP contribution < -0.4 is 5.32 Å². The Morgan fingerprint density at radius 3 is 0.937 bits per heavy atom. The number of carbonyl (C=O) groups is 2. The number of amides is 1. The van der Waals surface area contributed by atoms with Crippen LogP contribution in [0.2, 0.25) is 0 Å². The minimum atomic E-state index is -0.843. The number of ether oxygens (including phenoxy) is 1. The third-order valence-electron chi connectivity index (χ3n) is 17.0. The first-order valence-electron chi connectivity index (χ1n) is 36.1. The maximum Gasteiger partial charge on any atom is 0.305 e. The van der Waals surface area contributed by atoms with E-state index in [0.29, 0.717) is 19.4 Å². The van der Waals surface area contributed by atoms with Crippen molar-refractivity contribution in [2.24, 2.45) is 0 Å². The predicted octanol–water partition coefficient (Wildman–Crippen LogP) is 23.3. The molecule has 0 radical (unpaired) electrons. The maximum atomic E-state index is 12.5. The largest absolute Gasteiger partial charge is 0.466 e. The number of carbonyl (C=O) groups excluding carboxylic acids is 2. The minimum absolute atomic E-state index is 0.00797. The van der Waals surface area contributed by atoms with Gasteiger partial charge in [-0.1, -0.05) is 366 Å². The molecule has 0 fully saturated rings. The Kier molecular flexibility index (Phi) is 67.4. The third-order valence-corrected chi connectivity index (χ3v) is 17.0. The van der Waals surface area contributed by atoms with Gasteiger partial charge in [-0.2, -0.15) is 0 Å². The normalized spacial score (nSPS) is 12.6. The highest BCUT2D eigenvalue weighted by atomic mass is 16.5. The van der Waals surface area contributed by atoms with E-state index >= 15 is 0 Å². The van der Waals surface area contributed by atoms with E-state index in [1.54, 1.807) is 6.08 Å². The Bertz CT molecular complexity index is 1230. The standard InChI is InChI=1S/C73H141NO5/c1-3-5-7-9-11-13-15-16-17-18-19-20-27-30-33-36-39-42-46-49-53-57-61-65-71(76)70(69-75)74-72(77)66-62-58-54-50-47-43-40-37-34-31-28-25-23-21-22-24-26-29-32-35-38-41-44-48-52-56-60-64-68-79-73(78)67-63-59-55-51-45-14-12-10-8-6-4-2/h10,12,61,65,70-71,75-76H,3-9,11,13-60,62-64,66-69H2,1-2H3,(H,74,77)/b12-10-,65-61+. The molecule has 6 nitrogen and oxygen atoms in total. The molecule has 0 aliphatic rings. The molecule has 0 spiro atoms. The van der Waals surface area contributed by atoms with Crippen molar-refractivity contribution in [3.05, 3.63) is 24.3 Å². The van der Waals surface area contributed by atoms with Gasteiger partial charge in [-0.25, -0.2) is 0 Å².